The van der Waals surface area contributed by atoms with Crippen LogP contribution in [0.3, 0.4) is 0 Å². The first-order valence-corrected chi connectivity index (χ1v) is 5.12. The molecule has 1 rings (SSSR count). The van der Waals surface area contributed by atoms with Crippen molar-refractivity contribution in [3.8, 4) is 0 Å². The van der Waals surface area contributed by atoms with Crippen LogP contribution in [0.4, 0.5) is 0 Å². The number of ether oxygens (including phenoxy) is 1. The fraction of sp³-hybridized carbons (Fsp3) is 0.455. The highest BCUT2D eigenvalue weighted by Gasteiger charge is 2.20. The summed E-state index contributed by atoms with van der Waals surface area (Å²) in [6.07, 6.45) is 2.19. The Kier molecular flexibility index (Phi) is 4.10. The number of H-pyrrole nitrogens is 1. The van der Waals surface area contributed by atoms with Crippen molar-refractivity contribution in [2.24, 2.45) is 0 Å². The van der Waals surface area contributed by atoms with E-state index in [4.69, 9.17) is 0 Å². The van der Waals surface area contributed by atoms with Crippen LogP contribution in [-0.2, 0) is 9.53 Å². The highest BCUT2D eigenvalue weighted by atomic mass is 16.5. The molecule has 5 nitrogen and oxygen atoms in total. The summed E-state index contributed by atoms with van der Waals surface area (Å²) in [5, 5.41) is 2.63. The summed E-state index contributed by atoms with van der Waals surface area (Å²) in [5.41, 5.74) is 1.32. The molecule has 0 saturated heterocycles. The number of carbonyl (C=O) groups excluding carboxylic acids is 2. The van der Waals surface area contributed by atoms with Gasteiger partial charge in [0.1, 0.15) is 6.04 Å². The lowest BCUT2D eigenvalue weighted by molar-refractivity contribution is -0.142. The lowest BCUT2D eigenvalue weighted by atomic mass is 10.2. The molecule has 0 aliphatic heterocycles. The van der Waals surface area contributed by atoms with Gasteiger partial charge in [-0.3, -0.25) is 4.79 Å². The van der Waals surface area contributed by atoms with Crippen LogP contribution < -0.4 is 5.32 Å². The molecule has 1 unspecified atom stereocenters. The Labute approximate surface area is 94.2 Å². The summed E-state index contributed by atoms with van der Waals surface area (Å²) in [7, 11) is 1.30. The van der Waals surface area contributed by atoms with Crippen LogP contribution >= 0.6 is 0 Å². The van der Waals surface area contributed by atoms with E-state index in [1.54, 1.807) is 19.2 Å². The zero-order chi connectivity index (χ0) is 12.1. The van der Waals surface area contributed by atoms with Gasteiger partial charge in [-0.05, 0) is 19.4 Å². The lowest BCUT2D eigenvalue weighted by Gasteiger charge is -2.14. The van der Waals surface area contributed by atoms with Gasteiger partial charge in [0.2, 0.25) is 0 Å². The first kappa shape index (κ1) is 12.3. The van der Waals surface area contributed by atoms with E-state index >= 15 is 0 Å². The molecule has 0 bridgehead atoms. The van der Waals surface area contributed by atoms with Crippen molar-refractivity contribution in [2.75, 3.05) is 7.11 Å². The third-order valence-corrected chi connectivity index (χ3v) is 2.40. The van der Waals surface area contributed by atoms with Gasteiger partial charge in [0.05, 0.1) is 12.7 Å². The van der Waals surface area contributed by atoms with Crippen molar-refractivity contribution in [3.05, 3.63) is 23.5 Å². The third-order valence-electron chi connectivity index (χ3n) is 2.40. The summed E-state index contributed by atoms with van der Waals surface area (Å²) in [4.78, 5) is 26.0. The second kappa shape index (κ2) is 5.34. The number of aromatic nitrogens is 1. The zero-order valence-electron chi connectivity index (χ0n) is 9.66. The second-order valence-corrected chi connectivity index (χ2v) is 3.47. The number of hydrogen-bond donors (Lipinski definition) is 2. The Bertz CT molecular complexity index is 384. The van der Waals surface area contributed by atoms with Crippen molar-refractivity contribution < 1.29 is 14.3 Å². The van der Waals surface area contributed by atoms with E-state index in [1.807, 2.05) is 6.92 Å². The number of rotatable bonds is 4. The summed E-state index contributed by atoms with van der Waals surface area (Å²) >= 11 is 0. The van der Waals surface area contributed by atoms with Crippen LogP contribution in [0, 0.1) is 6.92 Å². The molecule has 0 saturated carbocycles. The normalized spacial score (nSPS) is 11.9. The number of nitrogens with one attached hydrogen (secondary N) is 2. The summed E-state index contributed by atoms with van der Waals surface area (Å²) in [5.74, 6) is -0.694. The standard InChI is InChI=1S/C11H16N2O3/c1-4-9(11(15)16-3)13-10(14)8-5-6-12-7(8)2/h5-6,9,12H,4H2,1-3H3,(H,13,14). The van der Waals surface area contributed by atoms with Crippen molar-refractivity contribution in [3.63, 3.8) is 0 Å². The molecule has 0 spiro atoms. The van der Waals surface area contributed by atoms with Crippen molar-refractivity contribution in [2.45, 2.75) is 26.3 Å². The fourth-order valence-electron chi connectivity index (χ4n) is 1.40. The van der Waals surface area contributed by atoms with Crippen LogP contribution in [0.15, 0.2) is 12.3 Å². The molecule has 1 heterocycles. The predicted octanol–water partition coefficient (Wildman–Crippen LogP) is 1.00. The molecule has 0 aliphatic carbocycles. The molecule has 16 heavy (non-hydrogen) atoms. The molecule has 1 atom stereocenters. The highest BCUT2D eigenvalue weighted by Crippen LogP contribution is 2.05. The second-order valence-electron chi connectivity index (χ2n) is 3.47. The summed E-state index contributed by atoms with van der Waals surface area (Å²) in [6.45, 7) is 3.61. The molecule has 1 amide bonds. The van der Waals surface area contributed by atoms with Crippen LogP contribution in [0.5, 0.6) is 0 Å². The van der Waals surface area contributed by atoms with E-state index in [1.165, 1.54) is 7.11 Å². The Morgan fingerprint density at radius 1 is 1.56 bits per heavy atom. The van der Waals surface area contributed by atoms with Crippen LogP contribution in [0.2, 0.25) is 0 Å². The van der Waals surface area contributed by atoms with Gasteiger partial charge in [0.25, 0.3) is 5.91 Å². The minimum absolute atomic E-state index is 0.268. The topological polar surface area (TPSA) is 71.2 Å². The SMILES string of the molecule is CCC(NC(=O)c1cc[nH]c1C)C(=O)OC. The minimum atomic E-state index is -0.591. The lowest BCUT2D eigenvalue weighted by Crippen LogP contribution is -2.41. The summed E-state index contributed by atoms with van der Waals surface area (Å²) < 4.78 is 4.59. The first-order valence-electron chi connectivity index (χ1n) is 5.12. The molecule has 0 aromatic carbocycles. The van der Waals surface area contributed by atoms with Gasteiger partial charge in [-0.1, -0.05) is 6.92 Å². The first-order chi connectivity index (χ1) is 7.60. The molecular weight excluding hydrogens is 208 g/mol. The smallest absolute Gasteiger partial charge is 0.328 e. The zero-order valence-corrected chi connectivity index (χ0v) is 9.66. The monoisotopic (exact) mass is 224 g/mol. The van der Waals surface area contributed by atoms with E-state index < -0.39 is 12.0 Å². The number of amides is 1. The van der Waals surface area contributed by atoms with Gasteiger partial charge in [-0.2, -0.15) is 0 Å². The molecule has 1 aromatic heterocycles. The van der Waals surface area contributed by atoms with Gasteiger partial charge >= 0.3 is 5.97 Å². The van der Waals surface area contributed by atoms with Crippen LogP contribution in [0.25, 0.3) is 0 Å². The number of aromatic amines is 1. The van der Waals surface area contributed by atoms with Crippen molar-refractivity contribution in [1.29, 1.82) is 0 Å². The maximum atomic E-state index is 11.8. The molecular formula is C11H16N2O3. The van der Waals surface area contributed by atoms with Gasteiger partial charge in [-0.25, -0.2) is 4.79 Å². The maximum absolute atomic E-state index is 11.8. The number of carbonyl (C=O) groups is 2. The van der Waals surface area contributed by atoms with Gasteiger partial charge in [-0.15, -0.1) is 0 Å². The van der Waals surface area contributed by atoms with Crippen molar-refractivity contribution >= 4 is 11.9 Å². The van der Waals surface area contributed by atoms with E-state index in [0.29, 0.717) is 12.0 Å². The maximum Gasteiger partial charge on any atom is 0.328 e. The van der Waals surface area contributed by atoms with Gasteiger partial charge in [0, 0.05) is 11.9 Å². The fourth-order valence-corrected chi connectivity index (χ4v) is 1.40. The van der Waals surface area contributed by atoms with Crippen LogP contribution in [0.1, 0.15) is 29.4 Å². The molecule has 5 heteroatoms. The van der Waals surface area contributed by atoms with E-state index in [-0.39, 0.29) is 5.91 Å². The molecule has 0 aliphatic rings. The largest absolute Gasteiger partial charge is 0.467 e. The van der Waals surface area contributed by atoms with Gasteiger partial charge < -0.3 is 15.0 Å². The predicted molar refractivity (Wildman–Crippen MR) is 59.1 cm³/mol. The average Bonchev–Trinajstić information content (AvgIpc) is 2.71. The van der Waals surface area contributed by atoms with E-state index in [2.05, 4.69) is 15.0 Å². The third kappa shape index (κ3) is 2.62. The molecule has 0 radical (unpaired) electrons. The number of aryl methyl sites for hydroxylation is 1. The average molecular weight is 224 g/mol. The van der Waals surface area contributed by atoms with E-state index in [9.17, 15) is 9.59 Å². The molecule has 88 valence electrons. The molecule has 0 fully saturated rings. The number of methoxy groups -OCH3 is 1. The Morgan fingerprint density at radius 2 is 2.25 bits per heavy atom. The number of hydrogen-bond acceptors (Lipinski definition) is 3. The Balaban J connectivity index is 2.70. The number of esters is 1. The highest BCUT2D eigenvalue weighted by molar-refractivity contribution is 5.97. The Morgan fingerprint density at radius 3 is 2.69 bits per heavy atom. The Hall–Kier alpha value is -1.78. The van der Waals surface area contributed by atoms with Crippen LogP contribution in [-0.4, -0.2) is 30.0 Å². The quantitative estimate of drug-likeness (QED) is 0.750. The van der Waals surface area contributed by atoms with E-state index in [0.717, 1.165) is 5.69 Å². The molecule has 1 aromatic rings. The molecule has 2 N–H and O–H groups in total. The van der Waals surface area contributed by atoms with Gasteiger partial charge in [0.15, 0.2) is 0 Å². The summed E-state index contributed by atoms with van der Waals surface area (Å²) in [6, 6.07) is 1.08. The minimum Gasteiger partial charge on any atom is -0.467 e. The van der Waals surface area contributed by atoms with Crippen molar-refractivity contribution in [1.82, 2.24) is 10.3 Å².